The van der Waals surface area contributed by atoms with Gasteiger partial charge in [0.1, 0.15) is 0 Å². The minimum Gasteiger partial charge on any atom is -0.340 e. The van der Waals surface area contributed by atoms with Gasteiger partial charge in [-0.1, -0.05) is 46.5 Å². The highest BCUT2D eigenvalue weighted by Crippen LogP contribution is 2.24. The minimum atomic E-state index is -0.0585. The first-order valence-electron chi connectivity index (χ1n) is 8.07. The number of hydrogen-bond acceptors (Lipinski definition) is 3. The smallest absolute Gasteiger partial charge is 0.275 e. The van der Waals surface area contributed by atoms with Crippen LogP contribution in [0.1, 0.15) is 42.6 Å². The summed E-state index contributed by atoms with van der Waals surface area (Å²) in [6.07, 6.45) is 8.04. The number of carbonyl (C=O) groups is 1. The molecule has 0 unspecified atom stereocenters. The van der Waals surface area contributed by atoms with Crippen LogP contribution in [0, 0.1) is 5.92 Å². The maximum Gasteiger partial charge on any atom is 0.275 e. The molecular formula is C17H21BrN4O. The number of halogens is 1. The van der Waals surface area contributed by atoms with Crippen LogP contribution in [0.4, 0.5) is 0 Å². The second-order valence-electron chi connectivity index (χ2n) is 6.22. The molecule has 23 heavy (non-hydrogen) atoms. The Labute approximate surface area is 144 Å². The van der Waals surface area contributed by atoms with Crippen LogP contribution in [0.2, 0.25) is 0 Å². The molecule has 6 heteroatoms. The van der Waals surface area contributed by atoms with E-state index in [9.17, 15) is 4.79 Å². The molecule has 1 fully saturated rings. The van der Waals surface area contributed by atoms with Gasteiger partial charge in [0.05, 0.1) is 11.9 Å². The zero-order chi connectivity index (χ0) is 16.2. The van der Waals surface area contributed by atoms with E-state index in [0.717, 1.165) is 16.7 Å². The fourth-order valence-corrected chi connectivity index (χ4v) is 3.53. The molecule has 1 amide bonds. The fourth-order valence-electron chi connectivity index (χ4n) is 3.14. The predicted octanol–water partition coefficient (Wildman–Crippen LogP) is 3.68. The minimum absolute atomic E-state index is 0.0585. The average molecular weight is 377 g/mol. The molecule has 2 aromatic rings. The number of nitrogens with zero attached hydrogens (tertiary/aromatic N) is 4. The van der Waals surface area contributed by atoms with E-state index < -0.39 is 0 Å². The van der Waals surface area contributed by atoms with E-state index in [1.807, 2.05) is 31.3 Å². The van der Waals surface area contributed by atoms with Gasteiger partial charge >= 0.3 is 0 Å². The normalized spacial score (nSPS) is 15.6. The van der Waals surface area contributed by atoms with Gasteiger partial charge in [-0.05, 0) is 37.0 Å². The summed E-state index contributed by atoms with van der Waals surface area (Å²) in [5.74, 6) is 0.564. The molecule has 1 aromatic heterocycles. The van der Waals surface area contributed by atoms with E-state index in [0.29, 0.717) is 11.6 Å². The zero-order valence-corrected chi connectivity index (χ0v) is 14.9. The van der Waals surface area contributed by atoms with Crippen molar-refractivity contribution in [3.05, 3.63) is 40.6 Å². The van der Waals surface area contributed by atoms with Gasteiger partial charge in [0.15, 0.2) is 5.69 Å². The summed E-state index contributed by atoms with van der Waals surface area (Å²) in [7, 11) is 1.86. The third-order valence-electron chi connectivity index (χ3n) is 4.39. The molecule has 0 aliphatic heterocycles. The summed E-state index contributed by atoms with van der Waals surface area (Å²) in [5, 5.41) is 8.12. The molecular weight excluding hydrogens is 356 g/mol. The van der Waals surface area contributed by atoms with Crippen molar-refractivity contribution >= 4 is 21.8 Å². The van der Waals surface area contributed by atoms with Crippen LogP contribution in [-0.2, 0) is 0 Å². The van der Waals surface area contributed by atoms with Gasteiger partial charge in [-0.3, -0.25) is 4.79 Å². The van der Waals surface area contributed by atoms with E-state index in [1.54, 1.807) is 15.8 Å². The molecule has 0 radical (unpaired) electrons. The molecule has 0 saturated heterocycles. The Morgan fingerprint density at radius 1 is 1.35 bits per heavy atom. The number of carbonyl (C=O) groups excluding carboxylic acids is 1. The second-order valence-corrected chi connectivity index (χ2v) is 7.13. The molecule has 0 spiro atoms. The van der Waals surface area contributed by atoms with E-state index >= 15 is 0 Å². The van der Waals surface area contributed by atoms with Crippen molar-refractivity contribution in [1.82, 2.24) is 19.9 Å². The van der Waals surface area contributed by atoms with Gasteiger partial charge in [-0.25, -0.2) is 4.68 Å². The maximum atomic E-state index is 12.5. The molecule has 122 valence electrons. The SMILES string of the molecule is CN(CC1CCCCC1)C(=O)c1cn(-c2cccc(Br)c2)nn1. The van der Waals surface area contributed by atoms with Crippen LogP contribution in [0.15, 0.2) is 34.9 Å². The first-order chi connectivity index (χ1) is 11.1. The Hall–Kier alpha value is -1.69. The highest BCUT2D eigenvalue weighted by molar-refractivity contribution is 9.10. The summed E-state index contributed by atoms with van der Waals surface area (Å²) in [5.41, 5.74) is 1.27. The highest BCUT2D eigenvalue weighted by Gasteiger charge is 2.21. The molecule has 1 aliphatic carbocycles. The number of hydrogen-bond donors (Lipinski definition) is 0. The number of rotatable bonds is 4. The summed E-state index contributed by atoms with van der Waals surface area (Å²) in [4.78, 5) is 14.3. The Morgan fingerprint density at radius 2 is 2.13 bits per heavy atom. The van der Waals surface area contributed by atoms with Crippen molar-refractivity contribution in [1.29, 1.82) is 0 Å². The van der Waals surface area contributed by atoms with Crippen molar-refractivity contribution in [3.8, 4) is 5.69 Å². The molecule has 1 aromatic carbocycles. The Morgan fingerprint density at radius 3 is 2.87 bits per heavy atom. The van der Waals surface area contributed by atoms with Gasteiger partial charge in [0.2, 0.25) is 0 Å². The molecule has 1 saturated carbocycles. The van der Waals surface area contributed by atoms with Crippen molar-refractivity contribution in [2.45, 2.75) is 32.1 Å². The summed E-state index contributed by atoms with van der Waals surface area (Å²) < 4.78 is 2.60. The molecule has 0 atom stereocenters. The second kappa shape index (κ2) is 7.25. The third kappa shape index (κ3) is 3.99. The fraction of sp³-hybridized carbons (Fsp3) is 0.471. The molecule has 1 aliphatic rings. The van der Waals surface area contributed by atoms with Crippen molar-refractivity contribution in [3.63, 3.8) is 0 Å². The lowest BCUT2D eigenvalue weighted by Gasteiger charge is -2.26. The van der Waals surface area contributed by atoms with Gasteiger partial charge in [-0.2, -0.15) is 0 Å². The largest absolute Gasteiger partial charge is 0.340 e. The maximum absolute atomic E-state index is 12.5. The van der Waals surface area contributed by atoms with Gasteiger partial charge in [0, 0.05) is 18.1 Å². The quantitative estimate of drug-likeness (QED) is 0.817. The molecule has 0 N–H and O–H groups in total. The lowest BCUT2D eigenvalue weighted by Crippen LogP contribution is -2.32. The van der Waals surface area contributed by atoms with Crippen molar-refractivity contribution in [2.75, 3.05) is 13.6 Å². The summed E-state index contributed by atoms with van der Waals surface area (Å²) in [6.45, 7) is 0.808. The summed E-state index contributed by atoms with van der Waals surface area (Å²) >= 11 is 3.44. The van der Waals surface area contributed by atoms with E-state index in [2.05, 4.69) is 26.2 Å². The third-order valence-corrected chi connectivity index (χ3v) is 4.88. The number of aromatic nitrogens is 3. The van der Waals surface area contributed by atoms with Crippen LogP contribution >= 0.6 is 15.9 Å². The first kappa shape index (κ1) is 16.2. The topological polar surface area (TPSA) is 51.0 Å². The number of benzene rings is 1. The van der Waals surface area contributed by atoms with Crippen LogP contribution < -0.4 is 0 Å². The van der Waals surface area contributed by atoms with Crippen LogP contribution in [0.3, 0.4) is 0 Å². The summed E-state index contributed by atoms with van der Waals surface area (Å²) in [6, 6.07) is 7.75. The number of amides is 1. The van der Waals surface area contributed by atoms with E-state index in [-0.39, 0.29) is 5.91 Å². The van der Waals surface area contributed by atoms with Gasteiger partial charge in [0.25, 0.3) is 5.91 Å². The van der Waals surface area contributed by atoms with E-state index in [4.69, 9.17) is 0 Å². The highest BCUT2D eigenvalue weighted by atomic mass is 79.9. The van der Waals surface area contributed by atoms with Gasteiger partial charge in [-0.15, -0.1) is 5.10 Å². The van der Waals surface area contributed by atoms with E-state index in [1.165, 1.54) is 32.1 Å². The van der Waals surface area contributed by atoms with Gasteiger partial charge < -0.3 is 4.90 Å². The predicted molar refractivity (Wildman–Crippen MR) is 92.6 cm³/mol. The zero-order valence-electron chi connectivity index (χ0n) is 13.3. The lowest BCUT2D eigenvalue weighted by molar-refractivity contribution is 0.0754. The van der Waals surface area contributed by atoms with Crippen molar-refractivity contribution < 1.29 is 4.79 Å². The van der Waals surface area contributed by atoms with Crippen LogP contribution in [0.5, 0.6) is 0 Å². The Bertz CT molecular complexity index is 679. The standard InChI is InChI=1S/C17H21BrN4O/c1-21(11-13-6-3-2-4-7-13)17(23)16-12-22(20-19-16)15-9-5-8-14(18)10-15/h5,8-10,12-13H,2-4,6-7,11H2,1H3. The molecule has 3 rings (SSSR count). The lowest BCUT2D eigenvalue weighted by atomic mass is 9.89. The monoisotopic (exact) mass is 376 g/mol. The van der Waals surface area contributed by atoms with Crippen LogP contribution in [-0.4, -0.2) is 39.4 Å². The molecule has 0 bridgehead atoms. The molecule has 1 heterocycles. The average Bonchev–Trinajstić information content (AvgIpc) is 3.05. The van der Waals surface area contributed by atoms with Crippen LogP contribution in [0.25, 0.3) is 5.69 Å². The van der Waals surface area contributed by atoms with Crippen molar-refractivity contribution in [2.24, 2.45) is 5.92 Å². The first-order valence-corrected chi connectivity index (χ1v) is 8.86. The Kier molecular flexibility index (Phi) is 5.10. The molecule has 5 nitrogen and oxygen atoms in total. The Balaban J connectivity index is 1.68.